The zero-order chi connectivity index (χ0) is 18.4. The molecule has 138 valence electrons. The van der Waals surface area contributed by atoms with Crippen molar-refractivity contribution in [2.75, 3.05) is 24.7 Å². The number of halogens is 1. The van der Waals surface area contributed by atoms with Crippen molar-refractivity contribution in [3.63, 3.8) is 0 Å². The minimum absolute atomic E-state index is 0.0563. The fourth-order valence-corrected chi connectivity index (χ4v) is 3.92. The highest BCUT2D eigenvalue weighted by molar-refractivity contribution is 6.01. The van der Waals surface area contributed by atoms with E-state index in [1.165, 1.54) is 0 Å². The summed E-state index contributed by atoms with van der Waals surface area (Å²) in [5, 5.41) is 0.835. The highest BCUT2D eigenvalue weighted by Gasteiger charge is 2.31. The van der Waals surface area contributed by atoms with Crippen LogP contribution in [0.2, 0.25) is 0 Å². The lowest BCUT2D eigenvalue weighted by atomic mass is 9.99. The molecule has 0 saturated carbocycles. The monoisotopic (exact) mass is 366 g/mol. The first-order chi connectivity index (χ1) is 13.2. The molecule has 0 radical (unpaired) electrons. The molecule has 3 aromatic heterocycles. The van der Waals surface area contributed by atoms with Gasteiger partial charge in [0, 0.05) is 48.7 Å². The van der Waals surface area contributed by atoms with Crippen LogP contribution in [0.25, 0.3) is 22.2 Å². The van der Waals surface area contributed by atoms with Crippen molar-refractivity contribution >= 4 is 22.6 Å². The first-order valence-corrected chi connectivity index (χ1v) is 9.20. The molecule has 5 rings (SSSR count). The summed E-state index contributed by atoms with van der Waals surface area (Å²) in [6.45, 7) is 2.15. The van der Waals surface area contributed by atoms with E-state index in [0.29, 0.717) is 35.7 Å². The number of H-pyrrole nitrogens is 1. The van der Waals surface area contributed by atoms with E-state index in [1.54, 1.807) is 18.5 Å². The summed E-state index contributed by atoms with van der Waals surface area (Å²) < 4.78 is 19.9. The Bertz CT molecular complexity index is 1030. The smallest absolute Gasteiger partial charge is 0.233 e. The molecule has 0 unspecified atom stereocenters. The number of carbonyl (C=O) groups is 1. The number of carbonyl (C=O) groups excluding carboxylic acids is 1. The maximum Gasteiger partial charge on any atom is 0.233 e. The molecule has 0 bridgehead atoms. The molecule has 6 nitrogen and oxygen atoms in total. The second-order valence-corrected chi connectivity index (χ2v) is 7.17. The molecule has 0 aromatic carbocycles. The van der Waals surface area contributed by atoms with Crippen LogP contribution >= 0.6 is 0 Å². The number of hydrogen-bond acceptors (Lipinski definition) is 4. The van der Waals surface area contributed by atoms with E-state index in [0.717, 1.165) is 42.8 Å². The van der Waals surface area contributed by atoms with Gasteiger partial charge < -0.3 is 14.6 Å². The van der Waals surface area contributed by atoms with Crippen molar-refractivity contribution in [2.24, 2.45) is 5.92 Å². The molecule has 1 fully saturated rings. The van der Waals surface area contributed by atoms with Crippen molar-refractivity contribution in [3.8, 4) is 11.1 Å². The van der Waals surface area contributed by atoms with Crippen LogP contribution < -0.4 is 4.90 Å². The Kier molecular flexibility index (Phi) is 3.89. The molecule has 1 N–H and O–H groups in total. The van der Waals surface area contributed by atoms with Crippen molar-refractivity contribution in [1.82, 2.24) is 15.0 Å². The van der Waals surface area contributed by atoms with Crippen LogP contribution in [0, 0.1) is 11.9 Å². The molecule has 27 heavy (non-hydrogen) atoms. The van der Waals surface area contributed by atoms with Gasteiger partial charge in [0.1, 0.15) is 5.65 Å². The number of rotatable bonds is 3. The largest absolute Gasteiger partial charge is 0.381 e. The van der Waals surface area contributed by atoms with Crippen molar-refractivity contribution in [2.45, 2.75) is 19.3 Å². The van der Waals surface area contributed by atoms with Crippen LogP contribution in [-0.4, -0.2) is 40.6 Å². The van der Waals surface area contributed by atoms with Gasteiger partial charge in [-0.1, -0.05) is 0 Å². The summed E-state index contributed by atoms with van der Waals surface area (Å²) in [6.07, 6.45) is 5.57. The first-order valence-electron chi connectivity index (χ1n) is 9.20. The Morgan fingerprint density at radius 2 is 2.15 bits per heavy atom. The van der Waals surface area contributed by atoms with Crippen LogP contribution in [0.4, 0.5) is 10.1 Å². The second kappa shape index (κ2) is 6.42. The van der Waals surface area contributed by atoms with E-state index >= 15 is 0 Å². The zero-order valence-electron chi connectivity index (χ0n) is 14.7. The number of nitrogens with zero attached hydrogens (tertiary/aromatic N) is 3. The van der Waals surface area contributed by atoms with Crippen LogP contribution in [0.5, 0.6) is 0 Å². The van der Waals surface area contributed by atoms with E-state index in [2.05, 4.69) is 15.0 Å². The van der Waals surface area contributed by atoms with Gasteiger partial charge in [0.25, 0.3) is 0 Å². The molecular formula is C20H19FN4O2. The lowest BCUT2D eigenvalue weighted by Gasteiger charge is -2.27. The number of nitrogens with one attached hydrogen (secondary N) is 1. The van der Waals surface area contributed by atoms with E-state index in [-0.39, 0.29) is 5.91 Å². The summed E-state index contributed by atoms with van der Waals surface area (Å²) in [5.41, 5.74) is 3.09. The lowest BCUT2D eigenvalue weighted by Crippen LogP contribution is -2.34. The number of pyridine rings is 2. The Hall–Kier alpha value is -2.80. The Labute approximate surface area is 155 Å². The highest BCUT2D eigenvalue weighted by atomic mass is 19.1. The topological polar surface area (TPSA) is 71.1 Å². The molecule has 0 atom stereocenters. The molecular weight excluding hydrogens is 347 g/mol. The summed E-state index contributed by atoms with van der Waals surface area (Å²) in [4.78, 5) is 25.7. The van der Waals surface area contributed by atoms with Gasteiger partial charge in [-0.15, -0.1) is 0 Å². The predicted octanol–water partition coefficient (Wildman–Crippen LogP) is 3.08. The van der Waals surface area contributed by atoms with Gasteiger partial charge in [-0.3, -0.25) is 9.78 Å². The second-order valence-electron chi connectivity index (χ2n) is 7.17. The third-order valence-electron chi connectivity index (χ3n) is 5.44. The number of hydrogen-bond donors (Lipinski definition) is 1. The molecule has 7 heteroatoms. The highest BCUT2D eigenvalue weighted by Crippen LogP contribution is 2.34. The van der Waals surface area contributed by atoms with Gasteiger partial charge in [-0.05, 0) is 37.0 Å². The average Bonchev–Trinajstić information content (AvgIpc) is 3.25. The van der Waals surface area contributed by atoms with Crippen molar-refractivity contribution in [3.05, 3.63) is 42.2 Å². The van der Waals surface area contributed by atoms with Crippen LogP contribution in [0.15, 0.2) is 30.6 Å². The van der Waals surface area contributed by atoms with Gasteiger partial charge in [0.15, 0.2) is 0 Å². The normalized spacial score (nSPS) is 17.7. The summed E-state index contributed by atoms with van der Waals surface area (Å²) in [6, 6.07) is 5.48. The van der Waals surface area contributed by atoms with E-state index in [4.69, 9.17) is 4.74 Å². The van der Waals surface area contributed by atoms with E-state index < -0.39 is 5.95 Å². The first kappa shape index (κ1) is 16.4. The molecule has 1 amide bonds. The molecule has 0 aliphatic carbocycles. The molecule has 5 heterocycles. The minimum atomic E-state index is -0.549. The van der Waals surface area contributed by atoms with Gasteiger partial charge >= 0.3 is 0 Å². The summed E-state index contributed by atoms with van der Waals surface area (Å²) in [5.74, 6) is -0.0697. The number of amides is 1. The third kappa shape index (κ3) is 2.88. The average molecular weight is 366 g/mol. The van der Waals surface area contributed by atoms with Crippen molar-refractivity contribution in [1.29, 1.82) is 0 Å². The fraction of sp³-hybridized carbons (Fsp3) is 0.350. The van der Waals surface area contributed by atoms with Gasteiger partial charge in [0.2, 0.25) is 11.9 Å². The SMILES string of the molecule is O=C1Cc2ncc(-c3cc4cc[nH]c4nc3F)cc2N1CC1CCOCC1. The van der Waals surface area contributed by atoms with Crippen LogP contribution in [0.3, 0.4) is 0 Å². The number of ether oxygens (including phenoxy) is 1. The standard InChI is InChI=1S/C20H19FN4O2/c21-19-15(7-13-1-4-22-20(13)24-19)14-8-17-16(23-10-14)9-18(26)25(17)11-12-2-5-27-6-3-12/h1,4,7-8,10,12H,2-3,5-6,9,11H2,(H,22,24). The predicted molar refractivity (Wildman–Crippen MR) is 98.9 cm³/mol. The Morgan fingerprint density at radius 3 is 3.00 bits per heavy atom. The molecule has 2 aliphatic rings. The van der Waals surface area contributed by atoms with Crippen LogP contribution in [0.1, 0.15) is 18.5 Å². The maximum atomic E-state index is 14.5. The number of fused-ring (bicyclic) bond motifs is 2. The minimum Gasteiger partial charge on any atom is -0.381 e. The van der Waals surface area contributed by atoms with E-state index in [1.807, 2.05) is 17.0 Å². The number of aromatic nitrogens is 3. The third-order valence-corrected chi connectivity index (χ3v) is 5.44. The quantitative estimate of drug-likeness (QED) is 0.723. The van der Waals surface area contributed by atoms with E-state index in [9.17, 15) is 9.18 Å². The number of aromatic amines is 1. The Morgan fingerprint density at radius 1 is 1.30 bits per heavy atom. The molecule has 3 aromatic rings. The Balaban J connectivity index is 1.51. The molecule has 2 aliphatic heterocycles. The van der Waals surface area contributed by atoms with Crippen LogP contribution in [-0.2, 0) is 16.0 Å². The lowest BCUT2D eigenvalue weighted by molar-refractivity contribution is -0.117. The number of anilines is 1. The fourth-order valence-electron chi connectivity index (χ4n) is 3.92. The van der Waals surface area contributed by atoms with Gasteiger partial charge in [0.05, 0.1) is 17.8 Å². The molecule has 1 saturated heterocycles. The van der Waals surface area contributed by atoms with Gasteiger partial charge in [-0.25, -0.2) is 4.98 Å². The summed E-state index contributed by atoms with van der Waals surface area (Å²) in [7, 11) is 0. The maximum absolute atomic E-state index is 14.5. The van der Waals surface area contributed by atoms with Gasteiger partial charge in [-0.2, -0.15) is 4.39 Å². The molecule has 0 spiro atoms. The summed E-state index contributed by atoms with van der Waals surface area (Å²) >= 11 is 0. The zero-order valence-corrected chi connectivity index (χ0v) is 14.7. The van der Waals surface area contributed by atoms with Crippen molar-refractivity contribution < 1.29 is 13.9 Å².